The number of nitrogens with zero attached hydrogens (tertiary/aromatic N) is 3. The molecule has 10 nitrogen and oxygen atoms in total. The Bertz CT molecular complexity index is 1460. The van der Waals surface area contributed by atoms with E-state index in [-0.39, 0.29) is 43.7 Å². The number of hydrogen-bond acceptors (Lipinski definition) is 10. The molecule has 0 unspecified atom stereocenters. The van der Waals surface area contributed by atoms with E-state index in [1.165, 1.54) is 30.3 Å². The fourth-order valence-electron chi connectivity index (χ4n) is 2.64. The summed E-state index contributed by atoms with van der Waals surface area (Å²) in [6.07, 6.45) is 2.25. The Kier molecular flexibility index (Phi) is 8.18. The van der Waals surface area contributed by atoms with Crippen molar-refractivity contribution in [3.8, 4) is 17.6 Å². The van der Waals surface area contributed by atoms with Gasteiger partial charge in [-0.1, -0.05) is 41.1 Å². The number of carbonyl (C=O) groups excluding carboxylic acids is 2. The summed E-state index contributed by atoms with van der Waals surface area (Å²) in [4.78, 5) is 25.0. The van der Waals surface area contributed by atoms with Crippen molar-refractivity contribution < 1.29 is 27.5 Å². The number of halogens is 1. The molecule has 35 heavy (non-hydrogen) atoms. The Hall–Kier alpha value is -3.79. The third-order valence-electron chi connectivity index (χ3n) is 4.18. The van der Waals surface area contributed by atoms with Crippen LogP contribution in [0.4, 0.5) is 5.13 Å². The molecule has 0 aliphatic carbocycles. The van der Waals surface area contributed by atoms with Crippen molar-refractivity contribution in [3.05, 3.63) is 64.2 Å². The van der Waals surface area contributed by atoms with Crippen molar-refractivity contribution in [1.82, 2.24) is 10.2 Å². The van der Waals surface area contributed by atoms with Crippen LogP contribution >= 0.6 is 22.9 Å². The first-order valence-corrected chi connectivity index (χ1v) is 12.9. The molecule has 3 aromatic rings. The average molecular weight is 533 g/mol. The summed E-state index contributed by atoms with van der Waals surface area (Å²) in [5.41, 5.74) is 0.302. The molecule has 1 aromatic heterocycles. The Labute approximate surface area is 209 Å². The van der Waals surface area contributed by atoms with Gasteiger partial charge >= 0.3 is 5.97 Å². The molecule has 1 heterocycles. The largest absolute Gasteiger partial charge is 0.490 e. The number of rotatable bonds is 8. The lowest BCUT2D eigenvalue weighted by molar-refractivity contribution is -0.112. The number of nitriles is 1. The Balaban J connectivity index is 1.83. The number of nitrogens with one attached hydrogen (secondary N) is 1. The van der Waals surface area contributed by atoms with Crippen LogP contribution in [0.25, 0.3) is 6.08 Å². The maximum atomic E-state index is 12.5. The molecule has 13 heteroatoms. The van der Waals surface area contributed by atoms with Crippen molar-refractivity contribution >= 4 is 55.9 Å². The van der Waals surface area contributed by atoms with Crippen molar-refractivity contribution in [2.45, 2.75) is 11.3 Å². The predicted octanol–water partition coefficient (Wildman–Crippen LogP) is 3.76. The minimum Gasteiger partial charge on any atom is -0.490 e. The van der Waals surface area contributed by atoms with Gasteiger partial charge in [-0.2, -0.15) is 5.26 Å². The lowest BCUT2D eigenvalue weighted by Gasteiger charge is -2.12. The van der Waals surface area contributed by atoms with Crippen LogP contribution in [0.2, 0.25) is 5.02 Å². The molecule has 0 aliphatic heterocycles. The van der Waals surface area contributed by atoms with E-state index in [4.69, 9.17) is 21.1 Å². The first-order valence-electron chi connectivity index (χ1n) is 9.82. The molecule has 0 bridgehead atoms. The number of aromatic nitrogens is 2. The molecule has 1 amide bonds. The molecular weight excluding hydrogens is 516 g/mol. The van der Waals surface area contributed by atoms with Crippen LogP contribution < -0.4 is 14.8 Å². The minimum absolute atomic E-state index is 0.0755. The molecule has 0 fully saturated rings. The van der Waals surface area contributed by atoms with Crippen molar-refractivity contribution in [2.24, 2.45) is 0 Å². The monoisotopic (exact) mass is 532 g/mol. The fourth-order valence-corrected chi connectivity index (χ4v) is 4.36. The molecule has 3 rings (SSSR count). The Morgan fingerprint density at radius 1 is 1.20 bits per heavy atom. The summed E-state index contributed by atoms with van der Waals surface area (Å²) in [5.74, 6) is -1.15. The molecule has 0 saturated heterocycles. The van der Waals surface area contributed by atoms with Gasteiger partial charge < -0.3 is 9.47 Å². The highest BCUT2D eigenvalue weighted by Gasteiger charge is 2.19. The van der Waals surface area contributed by atoms with E-state index in [1.54, 1.807) is 31.2 Å². The number of anilines is 1. The first-order chi connectivity index (χ1) is 16.6. The molecule has 0 atom stereocenters. The lowest BCUT2D eigenvalue weighted by Crippen LogP contribution is -2.13. The van der Waals surface area contributed by atoms with E-state index in [1.807, 2.05) is 0 Å². The summed E-state index contributed by atoms with van der Waals surface area (Å²) >= 11 is 6.71. The minimum atomic E-state index is -3.58. The van der Waals surface area contributed by atoms with Gasteiger partial charge in [0.25, 0.3) is 5.91 Å². The van der Waals surface area contributed by atoms with E-state index in [0.29, 0.717) is 16.9 Å². The SMILES string of the molecule is CCOc1cc(C=C(C#N)C(=O)Nc2nnc(S(C)(=O)=O)s2)ccc1OC(=O)c1ccccc1Cl. The van der Waals surface area contributed by atoms with Crippen LogP contribution in [0.1, 0.15) is 22.8 Å². The first kappa shape index (κ1) is 25.8. The summed E-state index contributed by atoms with van der Waals surface area (Å²) in [6, 6.07) is 12.7. The van der Waals surface area contributed by atoms with Gasteiger partial charge in [0, 0.05) is 6.26 Å². The molecule has 1 N–H and O–H groups in total. The fraction of sp³-hybridized carbons (Fsp3) is 0.136. The number of ether oxygens (including phenoxy) is 2. The molecule has 0 aliphatic rings. The zero-order valence-electron chi connectivity index (χ0n) is 18.3. The number of esters is 1. The highest BCUT2D eigenvalue weighted by Crippen LogP contribution is 2.31. The highest BCUT2D eigenvalue weighted by atomic mass is 35.5. The van der Waals surface area contributed by atoms with Crippen LogP contribution in [-0.4, -0.2) is 43.4 Å². The van der Waals surface area contributed by atoms with Gasteiger partial charge in [-0.3, -0.25) is 10.1 Å². The van der Waals surface area contributed by atoms with E-state index in [2.05, 4.69) is 15.5 Å². The third kappa shape index (κ3) is 6.63. The molecule has 2 aromatic carbocycles. The van der Waals surface area contributed by atoms with Crippen LogP contribution in [0.3, 0.4) is 0 Å². The smallest absolute Gasteiger partial charge is 0.345 e. The van der Waals surface area contributed by atoms with E-state index in [0.717, 1.165) is 6.26 Å². The van der Waals surface area contributed by atoms with Crippen molar-refractivity contribution in [3.63, 3.8) is 0 Å². The van der Waals surface area contributed by atoms with Gasteiger partial charge in [0.1, 0.15) is 11.6 Å². The van der Waals surface area contributed by atoms with Gasteiger partial charge in [0.2, 0.25) is 19.3 Å². The molecular formula is C22H17ClN4O6S2. The maximum absolute atomic E-state index is 12.5. The molecule has 0 spiro atoms. The highest BCUT2D eigenvalue weighted by molar-refractivity contribution is 7.92. The van der Waals surface area contributed by atoms with Gasteiger partial charge in [-0.15, -0.1) is 10.2 Å². The Morgan fingerprint density at radius 3 is 2.57 bits per heavy atom. The summed E-state index contributed by atoms with van der Waals surface area (Å²) in [6.45, 7) is 2.00. The van der Waals surface area contributed by atoms with Gasteiger partial charge in [0.15, 0.2) is 11.5 Å². The quantitative estimate of drug-likeness (QED) is 0.150. The topological polar surface area (TPSA) is 148 Å². The number of carbonyl (C=O) groups is 2. The second-order valence-corrected chi connectivity index (χ2v) is 10.4. The summed E-state index contributed by atoms with van der Waals surface area (Å²) in [7, 11) is -3.58. The average Bonchev–Trinajstić information content (AvgIpc) is 3.28. The van der Waals surface area contributed by atoms with Crippen LogP contribution in [0.5, 0.6) is 11.5 Å². The lowest BCUT2D eigenvalue weighted by atomic mass is 10.1. The van der Waals surface area contributed by atoms with Crippen LogP contribution in [0, 0.1) is 11.3 Å². The second-order valence-electron chi connectivity index (χ2n) is 6.78. The van der Waals surface area contributed by atoms with Gasteiger partial charge in [-0.05, 0) is 42.8 Å². The van der Waals surface area contributed by atoms with Gasteiger partial charge in [0.05, 0.1) is 17.2 Å². The van der Waals surface area contributed by atoms with Crippen molar-refractivity contribution in [1.29, 1.82) is 5.26 Å². The van der Waals surface area contributed by atoms with Crippen LogP contribution in [0.15, 0.2) is 52.4 Å². The number of amides is 1. The van der Waals surface area contributed by atoms with Gasteiger partial charge in [-0.25, -0.2) is 13.2 Å². The number of hydrogen-bond donors (Lipinski definition) is 1. The number of sulfone groups is 1. The van der Waals surface area contributed by atoms with Crippen LogP contribution in [-0.2, 0) is 14.6 Å². The van der Waals surface area contributed by atoms with E-state index >= 15 is 0 Å². The Morgan fingerprint density at radius 2 is 1.94 bits per heavy atom. The summed E-state index contributed by atoms with van der Waals surface area (Å²) < 4.78 is 33.8. The second kappa shape index (κ2) is 11.1. The standard InChI is InChI=1S/C22H17ClN4O6S2/c1-3-32-18-11-13(8-9-17(18)33-20(29)15-6-4-5-7-16(15)23)10-14(12-24)19(28)25-21-26-27-22(34-21)35(2,30)31/h4-11H,3H2,1-2H3,(H,25,26,28). The molecule has 0 saturated carbocycles. The molecule has 180 valence electrons. The normalized spacial score (nSPS) is 11.4. The van der Waals surface area contributed by atoms with E-state index in [9.17, 15) is 23.3 Å². The maximum Gasteiger partial charge on any atom is 0.345 e. The van der Waals surface area contributed by atoms with E-state index < -0.39 is 21.7 Å². The third-order valence-corrected chi connectivity index (χ3v) is 7.02. The van der Waals surface area contributed by atoms with Crippen molar-refractivity contribution in [2.75, 3.05) is 18.2 Å². The zero-order valence-corrected chi connectivity index (χ0v) is 20.7. The summed E-state index contributed by atoms with van der Waals surface area (Å²) in [5, 5.41) is 19.0. The zero-order chi connectivity index (χ0) is 25.6. The predicted molar refractivity (Wildman–Crippen MR) is 129 cm³/mol. The molecule has 0 radical (unpaired) electrons. The number of benzene rings is 2.